The molecule has 27 heavy (non-hydrogen) atoms. The number of benzene rings is 1. The molecule has 0 unspecified atom stereocenters. The third-order valence-corrected chi connectivity index (χ3v) is 5.65. The van der Waals surface area contributed by atoms with E-state index in [0.717, 1.165) is 0 Å². The van der Waals surface area contributed by atoms with Gasteiger partial charge in [0.2, 0.25) is 10.0 Å². The molecule has 0 fully saturated rings. The zero-order chi connectivity index (χ0) is 19.9. The summed E-state index contributed by atoms with van der Waals surface area (Å²) in [5.41, 5.74) is 0.315. The average molecular weight is 428 g/mol. The number of nitrogens with one attached hydrogen (secondary N) is 2. The van der Waals surface area contributed by atoms with Crippen molar-refractivity contribution in [1.82, 2.24) is 4.72 Å². The van der Waals surface area contributed by atoms with Crippen molar-refractivity contribution in [3.05, 3.63) is 46.3 Å². The van der Waals surface area contributed by atoms with E-state index in [4.69, 9.17) is 21.6 Å². The Hall–Kier alpha value is -2.45. The second-order valence-corrected chi connectivity index (χ2v) is 8.21. The van der Waals surface area contributed by atoms with Crippen molar-refractivity contribution < 1.29 is 22.7 Å². The van der Waals surface area contributed by atoms with Gasteiger partial charge in [-0.25, -0.2) is 13.1 Å². The number of amides is 1. The minimum atomic E-state index is -3.80. The van der Waals surface area contributed by atoms with Crippen LogP contribution >= 0.6 is 22.9 Å². The number of rotatable bonds is 8. The van der Waals surface area contributed by atoms with Gasteiger partial charge in [0.05, 0.1) is 16.9 Å². The van der Waals surface area contributed by atoms with Crippen molar-refractivity contribution >= 4 is 49.8 Å². The lowest BCUT2D eigenvalue weighted by molar-refractivity contribution is -0.147. The van der Waals surface area contributed by atoms with Crippen LogP contribution in [0.4, 0.5) is 5.00 Å². The van der Waals surface area contributed by atoms with Gasteiger partial charge < -0.3 is 10.1 Å². The largest absolute Gasteiger partial charge is 0.456 e. The molecule has 1 aromatic carbocycles. The van der Waals surface area contributed by atoms with Gasteiger partial charge >= 0.3 is 5.97 Å². The summed E-state index contributed by atoms with van der Waals surface area (Å²) in [7, 11) is -3.80. The van der Waals surface area contributed by atoms with Crippen LogP contribution < -0.4 is 10.0 Å². The monoisotopic (exact) mass is 427 g/mol. The number of esters is 1. The molecule has 0 spiro atoms. The third kappa shape index (κ3) is 6.33. The van der Waals surface area contributed by atoms with Gasteiger partial charge in [-0.05, 0) is 29.6 Å². The first-order chi connectivity index (χ1) is 12.8. The van der Waals surface area contributed by atoms with Crippen molar-refractivity contribution in [2.75, 3.05) is 18.5 Å². The molecule has 2 rings (SSSR count). The number of nitrogens with zero attached hydrogens (tertiary/aromatic N) is 1. The highest BCUT2D eigenvalue weighted by atomic mass is 35.5. The summed E-state index contributed by atoms with van der Waals surface area (Å²) >= 11 is 6.93. The summed E-state index contributed by atoms with van der Waals surface area (Å²) in [5, 5.41) is 13.6. The SMILES string of the molecule is N#Cc1ccsc1NC(=O)COC(=O)CCNS(=O)(=O)c1cccc(Cl)c1. The highest BCUT2D eigenvalue weighted by Crippen LogP contribution is 2.21. The molecular weight excluding hydrogens is 414 g/mol. The van der Waals surface area contributed by atoms with Crippen LogP contribution in [0.3, 0.4) is 0 Å². The second kappa shape index (κ2) is 9.48. The number of hydrogen-bond donors (Lipinski definition) is 2. The predicted octanol–water partition coefficient (Wildman–Crippen LogP) is 2.12. The number of sulfonamides is 1. The van der Waals surface area contributed by atoms with Gasteiger partial charge in [-0.3, -0.25) is 9.59 Å². The van der Waals surface area contributed by atoms with Crippen molar-refractivity contribution in [3.63, 3.8) is 0 Å². The highest BCUT2D eigenvalue weighted by molar-refractivity contribution is 7.89. The number of thiophene rings is 1. The molecule has 142 valence electrons. The Bertz CT molecular complexity index is 982. The second-order valence-electron chi connectivity index (χ2n) is 5.09. The number of carbonyl (C=O) groups excluding carboxylic acids is 2. The van der Waals surface area contributed by atoms with Gasteiger partial charge in [-0.1, -0.05) is 17.7 Å². The van der Waals surface area contributed by atoms with Gasteiger partial charge in [0, 0.05) is 11.6 Å². The lowest BCUT2D eigenvalue weighted by Gasteiger charge is -2.08. The number of carbonyl (C=O) groups is 2. The topological polar surface area (TPSA) is 125 Å². The average Bonchev–Trinajstić information content (AvgIpc) is 3.07. The Kier molecular flexibility index (Phi) is 7.32. The van der Waals surface area contributed by atoms with Gasteiger partial charge in [0.1, 0.15) is 11.1 Å². The van der Waals surface area contributed by atoms with Crippen LogP contribution in [0, 0.1) is 11.3 Å². The van der Waals surface area contributed by atoms with Crippen molar-refractivity contribution in [3.8, 4) is 6.07 Å². The fraction of sp³-hybridized carbons (Fsp3) is 0.188. The summed E-state index contributed by atoms with van der Waals surface area (Å²) in [6.07, 6.45) is -0.254. The maximum Gasteiger partial charge on any atom is 0.307 e. The molecule has 1 aromatic heterocycles. The van der Waals surface area contributed by atoms with E-state index in [2.05, 4.69) is 10.0 Å². The van der Waals surface area contributed by atoms with Crippen molar-refractivity contribution in [1.29, 1.82) is 5.26 Å². The van der Waals surface area contributed by atoms with Gasteiger partial charge in [0.25, 0.3) is 5.91 Å². The van der Waals surface area contributed by atoms with E-state index in [0.29, 0.717) is 10.6 Å². The maximum atomic E-state index is 12.1. The molecule has 8 nitrogen and oxygen atoms in total. The van der Waals surface area contributed by atoms with Crippen LogP contribution in [0.25, 0.3) is 0 Å². The standard InChI is InChI=1S/C16H14ClN3O5S2/c17-12-2-1-3-13(8-12)27(23,24)19-6-4-15(22)25-10-14(21)20-16-11(9-18)5-7-26-16/h1-3,5,7-8,19H,4,6,10H2,(H,20,21). The van der Waals surface area contributed by atoms with E-state index in [1.807, 2.05) is 6.07 Å². The maximum absolute atomic E-state index is 12.1. The minimum absolute atomic E-state index is 0.0213. The molecule has 0 radical (unpaired) electrons. The van der Waals surface area contributed by atoms with Crippen molar-refractivity contribution in [2.45, 2.75) is 11.3 Å². The number of halogens is 1. The molecular formula is C16H14ClN3O5S2. The Morgan fingerprint density at radius 3 is 2.78 bits per heavy atom. The zero-order valence-electron chi connectivity index (χ0n) is 13.8. The zero-order valence-corrected chi connectivity index (χ0v) is 16.2. The molecule has 2 N–H and O–H groups in total. The third-order valence-electron chi connectivity index (χ3n) is 3.13. The smallest absolute Gasteiger partial charge is 0.307 e. The molecule has 0 atom stereocenters. The summed E-state index contributed by atoms with van der Waals surface area (Å²) < 4.78 is 31.1. The van der Waals surface area contributed by atoms with Crippen LogP contribution in [0.15, 0.2) is 40.6 Å². The van der Waals surface area contributed by atoms with Crippen LogP contribution in [0.2, 0.25) is 5.02 Å². The van der Waals surface area contributed by atoms with E-state index in [-0.39, 0.29) is 22.9 Å². The summed E-state index contributed by atoms with van der Waals surface area (Å²) in [6.45, 7) is -0.735. The van der Waals surface area contributed by atoms with Crippen LogP contribution in [-0.2, 0) is 24.3 Å². The van der Waals surface area contributed by atoms with E-state index < -0.39 is 28.5 Å². The number of ether oxygens (including phenoxy) is 1. The van der Waals surface area contributed by atoms with Crippen molar-refractivity contribution in [2.24, 2.45) is 0 Å². The quantitative estimate of drug-likeness (QED) is 0.621. The first-order valence-corrected chi connectivity index (χ1v) is 10.2. The van der Waals surface area contributed by atoms with E-state index in [9.17, 15) is 18.0 Å². The van der Waals surface area contributed by atoms with Crippen LogP contribution in [0.5, 0.6) is 0 Å². The van der Waals surface area contributed by atoms with Gasteiger partial charge in [0.15, 0.2) is 6.61 Å². The van der Waals surface area contributed by atoms with E-state index in [1.54, 1.807) is 17.5 Å². The molecule has 2 aromatic rings. The molecule has 1 heterocycles. The summed E-state index contributed by atoms with van der Waals surface area (Å²) in [5.74, 6) is -1.34. The lowest BCUT2D eigenvalue weighted by atomic mass is 10.3. The predicted molar refractivity (Wildman–Crippen MR) is 99.9 cm³/mol. The molecule has 0 aliphatic carbocycles. The highest BCUT2D eigenvalue weighted by Gasteiger charge is 2.15. The molecule has 0 bridgehead atoms. The first kappa shape index (κ1) is 20.9. The first-order valence-electron chi connectivity index (χ1n) is 7.50. The molecule has 0 saturated heterocycles. The number of hydrogen-bond acceptors (Lipinski definition) is 7. The molecule has 0 aliphatic heterocycles. The van der Waals surface area contributed by atoms with Gasteiger partial charge in [-0.2, -0.15) is 5.26 Å². The summed E-state index contributed by atoms with van der Waals surface area (Å²) in [6, 6.07) is 9.17. The van der Waals surface area contributed by atoms with E-state index >= 15 is 0 Å². The Morgan fingerprint density at radius 1 is 1.30 bits per heavy atom. The number of nitriles is 1. The van der Waals surface area contributed by atoms with Crippen LogP contribution in [-0.4, -0.2) is 33.4 Å². The Labute approximate surface area is 164 Å². The Morgan fingerprint density at radius 2 is 2.07 bits per heavy atom. The summed E-state index contributed by atoms with van der Waals surface area (Å²) in [4.78, 5) is 23.3. The fourth-order valence-electron chi connectivity index (χ4n) is 1.88. The lowest BCUT2D eigenvalue weighted by Crippen LogP contribution is -2.28. The number of anilines is 1. The molecule has 0 aliphatic rings. The molecule has 1 amide bonds. The molecule has 0 saturated carbocycles. The normalized spacial score (nSPS) is 10.8. The van der Waals surface area contributed by atoms with E-state index in [1.165, 1.54) is 29.5 Å². The van der Waals surface area contributed by atoms with Gasteiger partial charge in [-0.15, -0.1) is 11.3 Å². The van der Waals surface area contributed by atoms with Crippen LogP contribution in [0.1, 0.15) is 12.0 Å². The Balaban J connectivity index is 1.75. The molecule has 11 heteroatoms. The fourth-order valence-corrected chi connectivity index (χ4v) is 3.97. The minimum Gasteiger partial charge on any atom is -0.456 e.